The summed E-state index contributed by atoms with van der Waals surface area (Å²) in [6.07, 6.45) is 5.12. The fraction of sp³-hybridized carbons (Fsp3) is 1.00. The van der Waals surface area contributed by atoms with Crippen LogP contribution in [-0.2, 0) is 15.6 Å². The molecule has 0 spiro atoms. The third-order valence-corrected chi connectivity index (χ3v) is 14.0. The molecule has 1 aliphatic heterocycles. The summed E-state index contributed by atoms with van der Waals surface area (Å²) < 4.78 is 24.6. The Labute approximate surface area is 136 Å². The molecule has 4 nitrogen and oxygen atoms in total. The first-order valence-corrected chi connectivity index (χ1v) is 15.0. The summed E-state index contributed by atoms with van der Waals surface area (Å²) in [7, 11) is 0. The van der Waals surface area contributed by atoms with Gasteiger partial charge in [0.1, 0.15) is 0 Å². The number of hydrogen-bond acceptors (Lipinski definition) is 4. The van der Waals surface area contributed by atoms with E-state index < -0.39 is 19.2 Å². The molecular weight excluding hydrogens is 375 g/mol. The number of rotatable bonds is 10. The minimum atomic E-state index is -2.43. The largest absolute Gasteiger partial charge is 0.353 e. The monoisotopic (exact) mass is 412 g/mol. The molecule has 21 heavy (non-hydrogen) atoms. The van der Waals surface area contributed by atoms with Gasteiger partial charge in [-0.25, -0.2) is 0 Å². The topological polar surface area (TPSA) is 36.9 Å². The Balaban J connectivity index is 0.000000433. The predicted octanol–water partition coefficient (Wildman–Crippen LogP) is 4.48. The fourth-order valence-electron chi connectivity index (χ4n) is 2.32. The Hall–Kier alpha value is 0.639. The molecule has 0 radical (unpaired) electrons. The van der Waals surface area contributed by atoms with Gasteiger partial charge in [-0.15, -0.1) is 0 Å². The van der Waals surface area contributed by atoms with Crippen molar-refractivity contribution in [2.75, 3.05) is 26.4 Å². The molecule has 0 aromatic rings. The molecule has 0 saturated carbocycles. The van der Waals surface area contributed by atoms with Crippen molar-refractivity contribution < 1.29 is 15.6 Å². The molecular formula is C16H36O4Sn. The smallest absolute Gasteiger partial charge is 0.154 e. The van der Waals surface area contributed by atoms with E-state index in [0.717, 1.165) is 26.4 Å². The fourth-order valence-corrected chi connectivity index (χ4v) is 12.6. The first-order valence-electron chi connectivity index (χ1n) is 8.65. The third-order valence-electron chi connectivity index (χ3n) is 3.44. The second-order valence-corrected chi connectivity index (χ2v) is 15.0. The van der Waals surface area contributed by atoms with Crippen molar-refractivity contribution in [1.29, 1.82) is 0 Å². The molecule has 0 bridgehead atoms. The van der Waals surface area contributed by atoms with Crippen molar-refractivity contribution in [2.45, 2.75) is 75.5 Å². The molecule has 0 N–H and O–H groups in total. The average molecular weight is 411 g/mol. The molecule has 0 amide bonds. The molecule has 1 saturated heterocycles. The van der Waals surface area contributed by atoms with E-state index in [1.54, 1.807) is 0 Å². The maximum Gasteiger partial charge on any atom is 0.154 e. The van der Waals surface area contributed by atoms with E-state index in [4.69, 9.17) is 15.6 Å². The maximum absolute atomic E-state index is 5.93. The van der Waals surface area contributed by atoms with E-state index >= 15 is 0 Å². The van der Waals surface area contributed by atoms with Gasteiger partial charge in [0, 0.05) is 13.2 Å². The van der Waals surface area contributed by atoms with Crippen molar-refractivity contribution >= 4 is 19.2 Å². The Kier molecular flexibility index (Phi) is 14.7. The summed E-state index contributed by atoms with van der Waals surface area (Å²) in [5, 5.41) is 0. The van der Waals surface area contributed by atoms with Crippen LogP contribution in [0, 0.1) is 0 Å². The quantitative estimate of drug-likeness (QED) is 0.393. The van der Waals surface area contributed by atoms with E-state index in [1.165, 1.54) is 34.6 Å². The van der Waals surface area contributed by atoms with Crippen molar-refractivity contribution in [3.8, 4) is 0 Å². The number of hydrogen-bond donors (Lipinski definition) is 0. The molecule has 128 valence electrons. The molecule has 0 atom stereocenters. The van der Waals surface area contributed by atoms with Gasteiger partial charge in [0.2, 0.25) is 0 Å². The van der Waals surface area contributed by atoms with Crippen LogP contribution in [0.1, 0.15) is 60.3 Å². The summed E-state index contributed by atoms with van der Waals surface area (Å²) in [6.45, 7) is 13.5. The van der Waals surface area contributed by atoms with Crippen molar-refractivity contribution in [3.63, 3.8) is 0 Å². The Morgan fingerprint density at radius 2 is 1.29 bits per heavy atom. The molecule has 0 aromatic heterocycles. The Morgan fingerprint density at radius 1 is 0.857 bits per heavy atom. The number of ether oxygens (including phenoxy) is 2. The van der Waals surface area contributed by atoms with Gasteiger partial charge in [-0.1, -0.05) is 0 Å². The van der Waals surface area contributed by atoms with E-state index in [0.29, 0.717) is 0 Å². The van der Waals surface area contributed by atoms with Crippen LogP contribution < -0.4 is 0 Å². The molecule has 0 unspecified atom stereocenters. The van der Waals surface area contributed by atoms with Gasteiger partial charge < -0.3 is 9.47 Å². The van der Waals surface area contributed by atoms with Gasteiger partial charge in [0.15, 0.2) is 6.29 Å². The van der Waals surface area contributed by atoms with Crippen LogP contribution in [0.4, 0.5) is 0 Å². The predicted molar refractivity (Wildman–Crippen MR) is 89.8 cm³/mol. The zero-order chi connectivity index (χ0) is 16.0. The van der Waals surface area contributed by atoms with Crippen LogP contribution in [0.2, 0.25) is 8.87 Å². The molecule has 1 rings (SSSR count). The first-order chi connectivity index (χ1) is 10.1. The standard InChI is InChI=1S/C6H14O2.2C4H9.C2H4O2.Sn/c1-4-7-6(3)8-5-2;2*1-3-4-2;3-1-2-4;/h6H,4-5H2,1-3H3;2*1,3-4H2,2H3;1-2H2;/q;;;-2;+2. The van der Waals surface area contributed by atoms with Gasteiger partial charge >= 0.3 is 87.0 Å². The molecule has 0 aromatic carbocycles. The zero-order valence-corrected chi connectivity index (χ0v) is 17.6. The van der Waals surface area contributed by atoms with Crippen LogP contribution in [0.15, 0.2) is 0 Å². The molecule has 5 heteroatoms. The van der Waals surface area contributed by atoms with Crippen LogP contribution in [-0.4, -0.2) is 51.9 Å². The van der Waals surface area contributed by atoms with Gasteiger partial charge in [-0.05, 0) is 20.8 Å². The van der Waals surface area contributed by atoms with Crippen molar-refractivity contribution in [1.82, 2.24) is 0 Å². The second-order valence-electron chi connectivity index (χ2n) is 5.29. The van der Waals surface area contributed by atoms with Gasteiger partial charge in [0.05, 0.1) is 0 Å². The number of unbranched alkanes of at least 4 members (excludes halogenated alkanes) is 2. The summed E-state index contributed by atoms with van der Waals surface area (Å²) >= 11 is -2.43. The van der Waals surface area contributed by atoms with E-state index in [-0.39, 0.29) is 6.29 Å². The van der Waals surface area contributed by atoms with Crippen LogP contribution >= 0.6 is 0 Å². The van der Waals surface area contributed by atoms with Gasteiger partial charge in [0.25, 0.3) is 0 Å². The van der Waals surface area contributed by atoms with Crippen LogP contribution in [0.25, 0.3) is 0 Å². The zero-order valence-electron chi connectivity index (χ0n) is 14.8. The molecule has 1 heterocycles. The van der Waals surface area contributed by atoms with E-state index in [2.05, 4.69) is 13.8 Å². The minimum absolute atomic E-state index is 0.0370. The average Bonchev–Trinajstić information content (AvgIpc) is 2.94. The van der Waals surface area contributed by atoms with E-state index in [9.17, 15) is 0 Å². The SMILES string of the molecule is CCC[CH2][Sn]1([CH2]CCC)[O]CC[O]1.CCOC(C)OCC. The summed E-state index contributed by atoms with van der Waals surface area (Å²) in [5.74, 6) is 0. The van der Waals surface area contributed by atoms with E-state index in [1.807, 2.05) is 20.8 Å². The van der Waals surface area contributed by atoms with Crippen molar-refractivity contribution in [2.24, 2.45) is 0 Å². The molecule has 1 aliphatic rings. The summed E-state index contributed by atoms with van der Waals surface area (Å²) in [6, 6.07) is 0. The van der Waals surface area contributed by atoms with Gasteiger partial charge in [-0.3, -0.25) is 0 Å². The maximum atomic E-state index is 5.93. The second kappa shape index (κ2) is 14.2. The minimum Gasteiger partial charge on any atom is -0.353 e. The molecule has 0 aliphatic carbocycles. The summed E-state index contributed by atoms with van der Waals surface area (Å²) in [4.78, 5) is 0. The third kappa shape index (κ3) is 10.9. The van der Waals surface area contributed by atoms with Crippen molar-refractivity contribution in [3.05, 3.63) is 0 Å². The Bertz CT molecular complexity index is 204. The first kappa shape index (κ1) is 21.6. The summed E-state index contributed by atoms with van der Waals surface area (Å²) in [5.41, 5.74) is 0. The normalized spacial score (nSPS) is 16.9. The van der Waals surface area contributed by atoms with Gasteiger partial charge in [-0.2, -0.15) is 0 Å². The Morgan fingerprint density at radius 3 is 1.62 bits per heavy atom. The van der Waals surface area contributed by atoms with Crippen LogP contribution in [0.5, 0.6) is 0 Å². The molecule has 1 fully saturated rings. The van der Waals surface area contributed by atoms with Crippen LogP contribution in [0.3, 0.4) is 0 Å².